The fraction of sp³-hybridized carbons (Fsp3) is 0.286. The van der Waals surface area contributed by atoms with E-state index in [0.717, 1.165) is 33.8 Å². The van der Waals surface area contributed by atoms with Gasteiger partial charge in [-0.3, -0.25) is 0 Å². The molecule has 0 saturated heterocycles. The molecule has 0 spiro atoms. The minimum absolute atomic E-state index is 0.251. The maximum Gasteiger partial charge on any atom is 0.214 e. The number of hydrogen-bond donors (Lipinski definition) is 1. The first-order valence-corrected chi connectivity index (χ1v) is 7.45. The Kier molecular flexibility index (Phi) is 2.70. The maximum atomic E-state index is 13.2. The van der Waals surface area contributed by atoms with E-state index in [1.807, 2.05) is 12.3 Å². The van der Waals surface area contributed by atoms with E-state index in [0.29, 0.717) is 0 Å². The Morgan fingerprint density at radius 3 is 3.05 bits per heavy atom. The molecule has 2 heterocycles. The van der Waals surface area contributed by atoms with Crippen LogP contribution in [0.1, 0.15) is 12.8 Å². The summed E-state index contributed by atoms with van der Waals surface area (Å²) < 4.78 is 15.0. The molecule has 0 aliphatic heterocycles. The van der Waals surface area contributed by atoms with Crippen molar-refractivity contribution in [1.29, 1.82) is 0 Å². The molecule has 1 N–H and O–H groups in total. The molecule has 0 unspecified atom stereocenters. The average Bonchev–Trinajstić information content (AvgIpc) is 3.05. The highest BCUT2D eigenvalue weighted by molar-refractivity contribution is 7.20. The van der Waals surface area contributed by atoms with E-state index in [1.165, 1.54) is 36.3 Å². The number of halogens is 1. The van der Waals surface area contributed by atoms with Crippen molar-refractivity contribution in [3.8, 4) is 11.3 Å². The van der Waals surface area contributed by atoms with E-state index < -0.39 is 0 Å². The second-order valence-corrected chi connectivity index (χ2v) is 6.05. The number of aromatic nitrogens is 3. The maximum absolute atomic E-state index is 13.2. The van der Waals surface area contributed by atoms with Gasteiger partial charge < -0.3 is 5.32 Å². The van der Waals surface area contributed by atoms with Crippen molar-refractivity contribution in [2.24, 2.45) is 5.92 Å². The summed E-state index contributed by atoms with van der Waals surface area (Å²) in [4.78, 5) is 5.32. The summed E-state index contributed by atoms with van der Waals surface area (Å²) in [7, 11) is 0. The third-order valence-electron chi connectivity index (χ3n) is 3.40. The molecule has 3 aromatic rings. The van der Waals surface area contributed by atoms with Crippen molar-refractivity contribution in [1.82, 2.24) is 14.6 Å². The molecule has 4 rings (SSSR count). The lowest BCUT2D eigenvalue weighted by atomic mass is 10.2. The number of hydrogen-bond acceptors (Lipinski definition) is 4. The van der Waals surface area contributed by atoms with Crippen molar-refractivity contribution < 1.29 is 4.39 Å². The minimum atomic E-state index is -0.251. The van der Waals surface area contributed by atoms with Crippen molar-refractivity contribution in [2.45, 2.75) is 12.8 Å². The third-order valence-corrected chi connectivity index (χ3v) is 4.28. The molecule has 0 radical (unpaired) electrons. The molecular weight excluding hydrogens is 275 g/mol. The van der Waals surface area contributed by atoms with E-state index >= 15 is 0 Å². The molecule has 1 saturated carbocycles. The SMILES string of the molecule is Fc1cccc(-c2cn3nc(NCC4CC4)sc3n2)c1. The lowest BCUT2D eigenvalue weighted by molar-refractivity contribution is 0.628. The van der Waals surface area contributed by atoms with Gasteiger partial charge >= 0.3 is 0 Å². The normalized spacial score (nSPS) is 14.8. The molecule has 1 aliphatic rings. The van der Waals surface area contributed by atoms with Crippen LogP contribution in [0, 0.1) is 11.7 Å². The summed E-state index contributed by atoms with van der Waals surface area (Å²) >= 11 is 1.52. The van der Waals surface area contributed by atoms with Crippen LogP contribution in [0.4, 0.5) is 9.52 Å². The Labute approximate surface area is 119 Å². The monoisotopic (exact) mass is 288 g/mol. The molecule has 6 heteroatoms. The number of fused-ring (bicyclic) bond motifs is 1. The lowest BCUT2D eigenvalue weighted by Gasteiger charge is -1.98. The fourth-order valence-electron chi connectivity index (χ4n) is 2.11. The highest BCUT2D eigenvalue weighted by Gasteiger charge is 2.21. The van der Waals surface area contributed by atoms with Gasteiger partial charge in [-0.25, -0.2) is 13.9 Å². The van der Waals surface area contributed by atoms with Crippen LogP contribution in [0.15, 0.2) is 30.5 Å². The zero-order valence-corrected chi connectivity index (χ0v) is 11.5. The van der Waals surface area contributed by atoms with Gasteiger partial charge in [-0.2, -0.15) is 0 Å². The van der Waals surface area contributed by atoms with Crippen molar-refractivity contribution >= 4 is 21.4 Å². The average molecular weight is 288 g/mol. The molecule has 0 atom stereocenters. The van der Waals surface area contributed by atoms with Crippen molar-refractivity contribution in [3.63, 3.8) is 0 Å². The molecule has 1 fully saturated rings. The van der Waals surface area contributed by atoms with Gasteiger partial charge in [0, 0.05) is 12.1 Å². The smallest absolute Gasteiger partial charge is 0.214 e. The van der Waals surface area contributed by atoms with Crippen LogP contribution in [-0.4, -0.2) is 21.1 Å². The summed E-state index contributed by atoms with van der Waals surface area (Å²) in [5.74, 6) is 0.563. The van der Waals surface area contributed by atoms with Gasteiger partial charge in [0.15, 0.2) is 0 Å². The zero-order valence-electron chi connectivity index (χ0n) is 10.7. The minimum Gasteiger partial charge on any atom is -0.360 e. The highest BCUT2D eigenvalue weighted by atomic mass is 32.1. The number of rotatable bonds is 4. The summed E-state index contributed by atoms with van der Waals surface area (Å²) in [6, 6.07) is 6.45. The second-order valence-electron chi connectivity index (χ2n) is 5.10. The van der Waals surface area contributed by atoms with E-state index in [1.54, 1.807) is 10.6 Å². The topological polar surface area (TPSA) is 42.2 Å². The number of anilines is 1. The van der Waals surface area contributed by atoms with Crippen LogP contribution >= 0.6 is 11.3 Å². The number of nitrogens with one attached hydrogen (secondary N) is 1. The molecule has 2 aromatic heterocycles. The molecular formula is C14H13FN4S. The van der Waals surface area contributed by atoms with Gasteiger partial charge in [0.05, 0.1) is 11.9 Å². The van der Waals surface area contributed by atoms with Gasteiger partial charge in [-0.15, -0.1) is 5.10 Å². The van der Waals surface area contributed by atoms with E-state index in [4.69, 9.17) is 0 Å². The van der Waals surface area contributed by atoms with Crippen molar-refractivity contribution in [3.05, 3.63) is 36.3 Å². The summed E-state index contributed by atoms with van der Waals surface area (Å²) in [6.45, 7) is 0.993. The first-order valence-electron chi connectivity index (χ1n) is 6.64. The van der Waals surface area contributed by atoms with Crippen LogP contribution in [0.25, 0.3) is 16.2 Å². The molecule has 0 bridgehead atoms. The van der Waals surface area contributed by atoms with E-state index in [2.05, 4.69) is 15.4 Å². The standard InChI is InChI=1S/C14H13FN4S/c15-11-3-1-2-10(6-11)12-8-19-14(17-12)20-13(18-19)16-7-9-4-5-9/h1-3,6,8-9H,4-5,7H2,(H,16,18). The van der Waals surface area contributed by atoms with Crippen LogP contribution in [0.5, 0.6) is 0 Å². The summed E-state index contributed by atoms with van der Waals surface area (Å²) in [5.41, 5.74) is 1.52. The van der Waals surface area contributed by atoms with Crippen LogP contribution < -0.4 is 5.32 Å². The molecule has 102 valence electrons. The van der Waals surface area contributed by atoms with Crippen LogP contribution in [-0.2, 0) is 0 Å². The van der Waals surface area contributed by atoms with Gasteiger partial charge in [0.25, 0.3) is 0 Å². The number of imidazole rings is 1. The fourth-order valence-corrected chi connectivity index (χ4v) is 2.90. The molecule has 4 nitrogen and oxygen atoms in total. The van der Waals surface area contributed by atoms with Gasteiger partial charge in [0.2, 0.25) is 10.1 Å². The summed E-state index contributed by atoms with van der Waals surface area (Å²) in [5, 5.41) is 8.68. The molecule has 1 aliphatic carbocycles. The molecule has 20 heavy (non-hydrogen) atoms. The Balaban J connectivity index is 1.61. The third kappa shape index (κ3) is 2.27. The summed E-state index contributed by atoms with van der Waals surface area (Å²) in [6.07, 6.45) is 4.47. The Bertz CT molecular complexity index is 728. The Morgan fingerprint density at radius 1 is 1.40 bits per heavy atom. The quantitative estimate of drug-likeness (QED) is 0.800. The second kappa shape index (κ2) is 4.56. The van der Waals surface area contributed by atoms with Gasteiger partial charge in [-0.1, -0.05) is 23.5 Å². The Morgan fingerprint density at radius 2 is 2.30 bits per heavy atom. The molecule has 1 aromatic carbocycles. The first kappa shape index (κ1) is 11.8. The van der Waals surface area contributed by atoms with Crippen molar-refractivity contribution in [2.75, 3.05) is 11.9 Å². The van der Waals surface area contributed by atoms with Crippen LogP contribution in [0.2, 0.25) is 0 Å². The predicted molar refractivity (Wildman–Crippen MR) is 77.5 cm³/mol. The Hall–Kier alpha value is -1.95. The largest absolute Gasteiger partial charge is 0.360 e. The van der Waals surface area contributed by atoms with E-state index in [-0.39, 0.29) is 5.82 Å². The predicted octanol–water partition coefficient (Wildman–Crippen LogP) is 3.42. The van der Waals surface area contributed by atoms with Crippen LogP contribution in [0.3, 0.4) is 0 Å². The zero-order chi connectivity index (χ0) is 13.5. The lowest BCUT2D eigenvalue weighted by Crippen LogP contribution is -2.02. The number of benzene rings is 1. The first-order chi connectivity index (χ1) is 9.78. The number of nitrogens with zero attached hydrogens (tertiary/aromatic N) is 3. The van der Waals surface area contributed by atoms with E-state index in [9.17, 15) is 4.39 Å². The molecule has 0 amide bonds. The highest BCUT2D eigenvalue weighted by Crippen LogP contribution is 2.30. The van der Waals surface area contributed by atoms with Gasteiger partial charge in [0.1, 0.15) is 5.82 Å². The van der Waals surface area contributed by atoms with Gasteiger partial charge in [-0.05, 0) is 30.9 Å².